The minimum Gasteiger partial charge on any atom is -0.355 e. The van der Waals surface area contributed by atoms with Crippen molar-refractivity contribution in [1.82, 2.24) is 5.32 Å². The molecule has 5 heteroatoms. The molecule has 3 amide bonds. The molecule has 23 heavy (non-hydrogen) atoms. The van der Waals surface area contributed by atoms with Gasteiger partial charge in [0.2, 0.25) is 0 Å². The van der Waals surface area contributed by atoms with Gasteiger partial charge < -0.3 is 5.32 Å². The van der Waals surface area contributed by atoms with Gasteiger partial charge in [-0.15, -0.1) is 0 Å². The molecule has 3 rings (SSSR count). The van der Waals surface area contributed by atoms with Gasteiger partial charge in [0.25, 0.3) is 17.7 Å². The third-order valence-corrected chi connectivity index (χ3v) is 3.98. The van der Waals surface area contributed by atoms with E-state index < -0.39 is 5.91 Å². The van der Waals surface area contributed by atoms with Gasteiger partial charge in [-0.2, -0.15) is 0 Å². The van der Waals surface area contributed by atoms with E-state index in [1.165, 1.54) is 19.2 Å². The van der Waals surface area contributed by atoms with E-state index in [-0.39, 0.29) is 17.4 Å². The molecule has 0 atom stereocenters. The molecule has 0 saturated carbocycles. The fourth-order valence-corrected chi connectivity index (χ4v) is 2.64. The Morgan fingerprint density at radius 3 is 2.26 bits per heavy atom. The quantitative estimate of drug-likeness (QED) is 0.886. The smallest absolute Gasteiger partial charge is 0.266 e. The van der Waals surface area contributed by atoms with Gasteiger partial charge in [0.05, 0.1) is 16.8 Å². The lowest BCUT2D eigenvalue weighted by Crippen LogP contribution is -2.29. The number of nitrogens with one attached hydrogen (secondary N) is 1. The van der Waals surface area contributed by atoms with Gasteiger partial charge in [-0.3, -0.25) is 14.4 Å². The first-order valence-electron chi connectivity index (χ1n) is 7.40. The Labute approximate surface area is 133 Å². The van der Waals surface area contributed by atoms with Crippen molar-refractivity contribution in [2.45, 2.75) is 13.3 Å². The summed E-state index contributed by atoms with van der Waals surface area (Å²) in [5.41, 5.74) is 2.61. The van der Waals surface area contributed by atoms with Gasteiger partial charge in [0.15, 0.2) is 0 Å². The van der Waals surface area contributed by atoms with Crippen molar-refractivity contribution in [2.75, 3.05) is 11.9 Å². The molecule has 1 heterocycles. The third-order valence-electron chi connectivity index (χ3n) is 3.98. The van der Waals surface area contributed by atoms with E-state index in [4.69, 9.17) is 0 Å². The molecule has 5 nitrogen and oxygen atoms in total. The zero-order chi connectivity index (χ0) is 16.6. The number of carbonyl (C=O) groups is 3. The lowest BCUT2D eigenvalue weighted by Gasteiger charge is -2.14. The van der Waals surface area contributed by atoms with Gasteiger partial charge in [0.1, 0.15) is 0 Å². The average molecular weight is 308 g/mol. The predicted molar refractivity (Wildman–Crippen MR) is 86.8 cm³/mol. The molecule has 0 fully saturated rings. The van der Waals surface area contributed by atoms with Crippen LogP contribution in [0.25, 0.3) is 0 Å². The molecule has 0 unspecified atom stereocenters. The number of hydrogen-bond acceptors (Lipinski definition) is 3. The van der Waals surface area contributed by atoms with E-state index in [1.54, 1.807) is 18.2 Å². The molecule has 0 aromatic heterocycles. The maximum absolute atomic E-state index is 12.6. The molecule has 1 aliphatic rings. The maximum atomic E-state index is 12.6. The standard InChI is InChI=1S/C18H16N2O3/c1-3-11-4-7-13(8-5-11)20-17(22)14-9-6-12(16(21)19-2)10-15(14)18(20)23/h4-10H,3H2,1-2H3,(H,19,21). The van der Waals surface area contributed by atoms with Crippen LogP contribution in [-0.2, 0) is 6.42 Å². The third kappa shape index (κ3) is 2.40. The molecule has 116 valence electrons. The number of benzene rings is 2. The summed E-state index contributed by atoms with van der Waals surface area (Å²) in [6.45, 7) is 2.04. The van der Waals surface area contributed by atoms with Crippen molar-refractivity contribution >= 4 is 23.4 Å². The first kappa shape index (κ1) is 15.0. The highest BCUT2D eigenvalue weighted by molar-refractivity contribution is 6.34. The lowest BCUT2D eigenvalue weighted by molar-refractivity contribution is 0.0924. The summed E-state index contributed by atoms with van der Waals surface area (Å²) in [6, 6.07) is 11.9. The number of fused-ring (bicyclic) bond motifs is 1. The zero-order valence-corrected chi connectivity index (χ0v) is 12.9. The molecule has 0 bridgehead atoms. The highest BCUT2D eigenvalue weighted by atomic mass is 16.2. The largest absolute Gasteiger partial charge is 0.355 e. The first-order valence-corrected chi connectivity index (χ1v) is 7.40. The van der Waals surface area contributed by atoms with Crippen molar-refractivity contribution < 1.29 is 14.4 Å². The minimum atomic E-state index is -0.403. The monoisotopic (exact) mass is 308 g/mol. The summed E-state index contributed by atoms with van der Waals surface area (Å²) in [5.74, 6) is -1.06. The Hall–Kier alpha value is -2.95. The first-order chi connectivity index (χ1) is 11.1. The summed E-state index contributed by atoms with van der Waals surface area (Å²) < 4.78 is 0. The van der Waals surface area contributed by atoms with Crippen LogP contribution in [0, 0.1) is 0 Å². The molecule has 0 radical (unpaired) electrons. The fourth-order valence-electron chi connectivity index (χ4n) is 2.64. The topological polar surface area (TPSA) is 66.5 Å². The molecule has 2 aromatic carbocycles. The van der Waals surface area contributed by atoms with Crippen LogP contribution in [0.4, 0.5) is 5.69 Å². The molecule has 2 aromatic rings. The van der Waals surface area contributed by atoms with E-state index in [9.17, 15) is 14.4 Å². The predicted octanol–water partition coefficient (Wildman–Crippen LogP) is 2.41. The highest BCUT2D eigenvalue weighted by Gasteiger charge is 2.37. The number of carbonyl (C=O) groups excluding carboxylic acids is 3. The molecule has 0 spiro atoms. The van der Waals surface area contributed by atoms with Crippen LogP contribution in [0.5, 0.6) is 0 Å². The van der Waals surface area contributed by atoms with Gasteiger partial charge in [-0.05, 0) is 42.3 Å². The molecule has 0 saturated heterocycles. The fraction of sp³-hybridized carbons (Fsp3) is 0.167. The number of imide groups is 1. The van der Waals surface area contributed by atoms with Crippen LogP contribution in [0.2, 0.25) is 0 Å². The summed E-state index contributed by atoms with van der Waals surface area (Å²) >= 11 is 0. The summed E-state index contributed by atoms with van der Waals surface area (Å²) in [4.78, 5) is 38.0. The second-order valence-electron chi connectivity index (χ2n) is 5.31. The Balaban J connectivity index is 2.01. The Morgan fingerprint density at radius 1 is 1.00 bits per heavy atom. The van der Waals surface area contributed by atoms with Gasteiger partial charge >= 0.3 is 0 Å². The van der Waals surface area contributed by atoms with Crippen LogP contribution < -0.4 is 10.2 Å². The summed E-state index contributed by atoms with van der Waals surface area (Å²) in [5, 5.41) is 2.51. The van der Waals surface area contributed by atoms with E-state index >= 15 is 0 Å². The number of aryl methyl sites for hydroxylation is 1. The van der Waals surface area contributed by atoms with E-state index in [0.29, 0.717) is 16.8 Å². The van der Waals surface area contributed by atoms with Gasteiger partial charge in [-0.1, -0.05) is 19.1 Å². The van der Waals surface area contributed by atoms with Crippen molar-refractivity contribution in [2.24, 2.45) is 0 Å². The molecule has 1 N–H and O–H groups in total. The second-order valence-corrected chi connectivity index (χ2v) is 5.31. The summed E-state index contributed by atoms with van der Waals surface area (Å²) in [6.07, 6.45) is 0.887. The minimum absolute atomic E-state index is 0.260. The van der Waals surface area contributed by atoms with E-state index in [0.717, 1.165) is 16.9 Å². The second kappa shape index (κ2) is 5.68. The molecule has 1 aliphatic heterocycles. The maximum Gasteiger partial charge on any atom is 0.266 e. The molecular formula is C18H16N2O3. The Bertz CT molecular complexity index is 810. The molecule has 0 aliphatic carbocycles. The van der Waals surface area contributed by atoms with E-state index in [2.05, 4.69) is 5.32 Å². The van der Waals surface area contributed by atoms with Crippen LogP contribution in [0.15, 0.2) is 42.5 Å². The number of amides is 3. The van der Waals surface area contributed by atoms with Crippen LogP contribution in [0.1, 0.15) is 43.6 Å². The van der Waals surface area contributed by atoms with Crippen molar-refractivity contribution in [1.29, 1.82) is 0 Å². The van der Waals surface area contributed by atoms with Crippen LogP contribution >= 0.6 is 0 Å². The normalized spacial score (nSPS) is 13.2. The number of rotatable bonds is 3. The van der Waals surface area contributed by atoms with Gasteiger partial charge in [-0.25, -0.2) is 4.90 Å². The Kier molecular flexibility index (Phi) is 3.70. The van der Waals surface area contributed by atoms with Crippen LogP contribution in [0.3, 0.4) is 0 Å². The SMILES string of the molecule is CCc1ccc(N2C(=O)c3ccc(C(=O)NC)cc3C2=O)cc1. The van der Waals surface area contributed by atoms with Gasteiger partial charge in [0, 0.05) is 12.6 Å². The van der Waals surface area contributed by atoms with E-state index in [1.807, 2.05) is 19.1 Å². The number of nitrogens with zero attached hydrogens (tertiary/aromatic N) is 1. The highest BCUT2D eigenvalue weighted by Crippen LogP contribution is 2.29. The van der Waals surface area contributed by atoms with Crippen molar-refractivity contribution in [3.05, 3.63) is 64.7 Å². The lowest BCUT2D eigenvalue weighted by atomic mass is 10.1. The van der Waals surface area contributed by atoms with Crippen molar-refractivity contribution in [3.8, 4) is 0 Å². The molecular weight excluding hydrogens is 292 g/mol. The number of hydrogen-bond donors (Lipinski definition) is 1. The number of anilines is 1. The Morgan fingerprint density at radius 2 is 1.65 bits per heavy atom. The summed E-state index contributed by atoms with van der Waals surface area (Å²) in [7, 11) is 1.52. The average Bonchev–Trinajstić information content (AvgIpc) is 2.85. The van der Waals surface area contributed by atoms with Crippen molar-refractivity contribution in [3.63, 3.8) is 0 Å². The van der Waals surface area contributed by atoms with Crippen LogP contribution in [-0.4, -0.2) is 24.8 Å². The zero-order valence-electron chi connectivity index (χ0n) is 12.9.